The third-order valence-corrected chi connectivity index (χ3v) is 3.50. The van der Waals surface area contributed by atoms with Gasteiger partial charge in [-0.1, -0.05) is 11.6 Å². The van der Waals surface area contributed by atoms with Gasteiger partial charge in [0.15, 0.2) is 0 Å². The molecule has 126 valence electrons. The van der Waals surface area contributed by atoms with E-state index in [1.165, 1.54) is 36.4 Å². The number of nitrogens with zero attached hydrogens (tertiary/aromatic N) is 1. The summed E-state index contributed by atoms with van der Waals surface area (Å²) in [5.41, 5.74) is 0.686. The molecule has 0 spiro atoms. The van der Waals surface area contributed by atoms with Gasteiger partial charge in [0, 0.05) is 23.5 Å². The Morgan fingerprint density at radius 1 is 1.12 bits per heavy atom. The standard InChI is InChI=1S/C13H11ClN4O5S/c14-11-6-5-10(18(20)21)7-12(11)16-13(19)15-8-1-3-9(4-2-8)17-24(22)23/h1-7,17H,(H,22,23)(H2,15,16,19). The molecule has 1 atom stereocenters. The van der Waals surface area contributed by atoms with Crippen molar-refractivity contribution in [2.75, 3.05) is 15.4 Å². The van der Waals surface area contributed by atoms with Gasteiger partial charge in [-0.25, -0.2) is 9.00 Å². The number of urea groups is 1. The zero-order valence-electron chi connectivity index (χ0n) is 11.9. The van der Waals surface area contributed by atoms with Gasteiger partial charge in [-0.15, -0.1) is 0 Å². The highest BCUT2D eigenvalue weighted by atomic mass is 35.5. The summed E-state index contributed by atoms with van der Waals surface area (Å²) in [7, 11) is 0. The quantitative estimate of drug-likeness (QED) is 0.363. The summed E-state index contributed by atoms with van der Waals surface area (Å²) in [4.78, 5) is 22.1. The lowest BCUT2D eigenvalue weighted by Crippen LogP contribution is -2.19. The van der Waals surface area contributed by atoms with Crippen LogP contribution >= 0.6 is 11.6 Å². The molecule has 2 rings (SSSR count). The number of halogens is 1. The van der Waals surface area contributed by atoms with Gasteiger partial charge in [0.25, 0.3) is 17.0 Å². The first-order valence-corrected chi connectivity index (χ1v) is 7.83. The smallest absolute Gasteiger partial charge is 0.308 e. The molecule has 24 heavy (non-hydrogen) atoms. The van der Waals surface area contributed by atoms with E-state index in [0.29, 0.717) is 11.4 Å². The molecule has 2 aromatic rings. The van der Waals surface area contributed by atoms with Gasteiger partial charge in [0.1, 0.15) is 0 Å². The van der Waals surface area contributed by atoms with Crippen LogP contribution in [0.2, 0.25) is 5.02 Å². The van der Waals surface area contributed by atoms with E-state index in [-0.39, 0.29) is 16.4 Å². The fraction of sp³-hybridized carbons (Fsp3) is 0. The largest absolute Gasteiger partial charge is 0.323 e. The Kier molecular flexibility index (Phi) is 5.68. The van der Waals surface area contributed by atoms with Crippen molar-refractivity contribution >= 4 is 51.6 Å². The molecule has 0 radical (unpaired) electrons. The molecule has 0 aliphatic carbocycles. The average Bonchev–Trinajstić information content (AvgIpc) is 2.50. The van der Waals surface area contributed by atoms with E-state index in [4.69, 9.17) is 16.2 Å². The van der Waals surface area contributed by atoms with Crippen molar-refractivity contribution in [2.45, 2.75) is 0 Å². The van der Waals surface area contributed by atoms with Crippen LogP contribution in [-0.4, -0.2) is 19.7 Å². The first-order valence-electron chi connectivity index (χ1n) is 6.34. The van der Waals surface area contributed by atoms with E-state index >= 15 is 0 Å². The predicted octanol–water partition coefficient (Wildman–Crippen LogP) is 3.44. The third-order valence-electron chi connectivity index (χ3n) is 2.76. The van der Waals surface area contributed by atoms with Crippen molar-refractivity contribution in [1.82, 2.24) is 0 Å². The molecule has 0 fully saturated rings. The van der Waals surface area contributed by atoms with Crippen LogP contribution in [0.3, 0.4) is 0 Å². The molecular formula is C13H11ClN4O5S. The zero-order valence-corrected chi connectivity index (χ0v) is 13.4. The topological polar surface area (TPSA) is 134 Å². The second-order valence-corrected chi connectivity index (χ2v) is 5.54. The number of nitro benzene ring substituents is 1. The number of hydrogen-bond donors (Lipinski definition) is 4. The average molecular weight is 371 g/mol. The normalized spacial score (nSPS) is 11.4. The molecule has 0 heterocycles. The highest BCUT2D eigenvalue weighted by Gasteiger charge is 2.12. The molecular weight excluding hydrogens is 360 g/mol. The molecule has 0 saturated heterocycles. The van der Waals surface area contributed by atoms with Crippen LogP contribution in [0.1, 0.15) is 0 Å². The Balaban J connectivity index is 2.04. The zero-order chi connectivity index (χ0) is 17.7. The second-order valence-electron chi connectivity index (χ2n) is 4.43. The van der Waals surface area contributed by atoms with Crippen LogP contribution in [-0.2, 0) is 11.3 Å². The van der Waals surface area contributed by atoms with Crippen LogP contribution < -0.4 is 15.4 Å². The van der Waals surface area contributed by atoms with E-state index in [1.807, 2.05) is 0 Å². The van der Waals surface area contributed by atoms with Crippen molar-refractivity contribution < 1.29 is 18.5 Å². The number of nitro groups is 1. The van der Waals surface area contributed by atoms with Crippen LogP contribution in [0.5, 0.6) is 0 Å². The lowest BCUT2D eigenvalue weighted by Gasteiger charge is -2.09. The number of carbonyl (C=O) groups excluding carboxylic acids is 1. The van der Waals surface area contributed by atoms with Gasteiger partial charge >= 0.3 is 6.03 Å². The van der Waals surface area contributed by atoms with Gasteiger partial charge in [-0.2, -0.15) is 0 Å². The van der Waals surface area contributed by atoms with Crippen LogP contribution in [0.25, 0.3) is 0 Å². The Hall–Kier alpha value is -2.69. The molecule has 0 aliphatic heterocycles. The van der Waals surface area contributed by atoms with E-state index in [2.05, 4.69) is 15.4 Å². The van der Waals surface area contributed by atoms with E-state index < -0.39 is 22.2 Å². The Morgan fingerprint density at radius 3 is 2.33 bits per heavy atom. The molecule has 2 aromatic carbocycles. The maximum absolute atomic E-state index is 11.9. The van der Waals surface area contributed by atoms with Crippen molar-refractivity contribution in [3.8, 4) is 0 Å². The summed E-state index contributed by atoms with van der Waals surface area (Å²) in [6.45, 7) is 0. The summed E-state index contributed by atoms with van der Waals surface area (Å²) in [6, 6.07) is 9.02. The summed E-state index contributed by atoms with van der Waals surface area (Å²) in [6.07, 6.45) is 0. The Labute approximate surface area is 143 Å². The highest BCUT2D eigenvalue weighted by Crippen LogP contribution is 2.26. The van der Waals surface area contributed by atoms with Crippen molar-refractivity contribution in [3.63, 3.8) is 0 Å². The number of benzene rings is 2. The van der Waals surface area contributed by atoms with E-state index in [1.54, 1.807) is 0 Å². The summed E-state index contributed by atoms with van der Waals surface area (Å²) in [5, 5.41) is 15.8. The summed E-state index contributed by atoms with van der Waals surface area (Å²) < 4.78 is 21.6. The number of non-ortho nitro benzene ring substituents is 1. The van der Waals surface area contributed by atoms with Crippen molar-refractivity contribution in [3.05, 3.63) is 57.6 Å². The first kappa shape index (κ1) is 17.7. The van der Waals surface area contributed by atoms with E-state index in [0.717, 1.165) is 6.07 Å². The van der Waals surface area contributed by atoms with Crippen LogP contribution in [0, 0.1) is 10.1 Å². The third kappa shape index (κ3) is 4.91. The molecule has 1 unspecified atom stereocenters. The number of carbonyl (C=O) groups is 1. The maximum atomic E-state index is 11.9. The minimum absolute atomic E-state index is 0.0948. The molecule has 4 N–H and O–H groups in total. The molecule has 0 aromatic heterocycles. The lowest BCUT2D eigenvalue weighted by molar-refractivity contribution is -0.384. The number of amides is 2. The molecule has 2 amide bonds. The van der Waals surface area contributed by atoms with Crippen molar-refractivity contribution in [2.24, 2.45) is 0 Å². The number of nitrogens with one attached hydrogen (secondary N) is 3. The van der Waals surface area contributed by atoms with Gasteiger partial charge in [-0.3, -0.25) is 19.4 Å². The molecule has 9 nitrogen and oxygen atoms in total. The van der Waals surface area contributed by atoms with Crippen LogP contribution in [0.4, 0.5) is 27.5 Å². The molecule has 0 saturated carbocycles. The number of hydrogen-bond acceptors (Lipinski definition) is 4. The van der Waals surface area contributed by atoms with E-state index in [9.17, 15) is 19.1 Å². The summed E-state index contributed by atoms with van der Waals surface area (Å²) in [5.74, 6) is 0. The minimum Gasteiger partial charge on any atom is -0.308 e. The van der Waals surface area contributed by atoms with Gasteiger partial charge < -0.3 is 10.6 Å². The molecule has 11 heteroatoms. The van der Waals surface area contributed by atoms with Gasteiger partial charge in [0.05, 0.1) is 15.6 Å². The summed E-state index contributed by atoms with van der Waals surface area (Å²) >= 11 is 3.70. The number of rotatable bonds is 5. The first-order chi connectivity index (χ1) is 11.3. The Bertz CT molecular complexity index is 799. The monoisotopic (exact) mass is 370 g/mol. The SMILES string of the molecule is O=C(Nc1ccc(NS(=O)O)cc1)Nc1cc([N+](=O)[O-])ccc1Cl. The number of anilines is 3. The second kappa shape index (κ2) is 7.73. The van der Waals surface area contributed by atoms with Crippen molar-refractivity contribution in [1.29, 1.82) is 0 Å². The highest BCUT2D eigenvalue weighted by molar-refractivity contribution is 7.80. The van der Waals surface area contributed by atoms with Crippen LogP contribution in [0.15, 0.2) is 42.5 Å². The Morgan fingerprint density at radius 2 is 1.75 bits per heavy atom. The minimum atomic E-state index is -2.19. The van der Waals surface area contributed by atoms with Gasteiger partial charge in [-0.05, 0) is 30.3 Å². The molecule has 0 aliphatic rings. The fourth-order valence-electron chi connectivity index (χ4n) is 1.73. The molecule has 0 bridgehead atoms. The maximum Gasteiger partial charge on any atom is 0.323 e. The predicted molar refractivity (Wildman–Crippen MR) is 91.6 cm³/mol. The van der Waals surface area contributed by atoms with Gasteiger partial charge in [0.2, 0.25) is 0 Å². The fourth-order valence-corrected chi connectivity index (χ4v) is 2.23. The lowest BCUT2D eigenvalue weighted by atomic mass is 10.2.